The van der Waals surface area contributed by atoms with Crippen LogP contribution >= 0.6 is 22.6 Å². The maximum atomic E-state index is 6.05. The number of benzene rings is 2. The summed E-state index contributed by atoms with van der Waals surface area (Å²) in [7, 11) is 3.36. The molecule has 0 saturated heterocycles. The fourth-order valence-electron chi connectivity index (χ4n) is 5.16. The third kappa shape index (κ3) is 7.16. The van der Waals surface area contributed by atoms with Gasteiger partial charge in [0.2, 0.25) is 0 Å². The van der Waals surface area contributed by atoms with Gasteiger partial charge in [0.25, 0.3) is 0 Å². The molecule has 37 heavy (non-hydrogen) atoms. The highest BCUT2D eigenvalue weighted by Crippen LogP contribution is 2.43. The molecule has 0 aliphatic heterocycles. The van der Waals surface area contributed by atoms with Crippen molar-refractivity contribution in [2.45, 2.75) is 55.4 Å². The number of ether oxygens (including phenoxy) is 4. The lowest BCUT2D eigenvalue weighted by Crippen LogP contribution is -2.37. The molecular formula is C32H43IO4. The number of methoxy groups -OCH3 is 2. The molecular weight excluding hydrogens is 575 g/mol. The zero-order valence-electron chi connectivity index (χ0n) is 24.1. The molecule has 0 aromatic heterocycles. The van der Waals surface area contributed by atoms with E-state index in [0.29, 0.717) is 31.0 Å². The molecule has 0 spiro atoms. The maximum absolute atomic E-state index is 6.05. The third-order valence-electron chi connectivity index (χ3n) is 6.94. The molecule has 0 radical (unpaired) electrons. The Bertz CT molecular complexity index is 1110. The first-order valence-electron chi connectivity index (χ1n) is 13.1. The predicted octanol–water partition coefficient (Wildman–Crippen LogP) is 8.58. The minimum atomic E-state index is -0.102. The molecule has 0 N–H and O–H groups in total. The molecule has 2 rings (SSSR count). The van der Waals surface area contributed by atoms with Gasteiger partial charge in [-0.05, 0) is 72.4 Å². The van der Waals surface area contributed by atoms with E-state index in [1.54, 1.807) is 14.2 Å². The lowest BCUT2D eigenvalue weighted by atomic mass is 9.62. The Labute approximate surface area is 238 Å². The molecule has 0 fully saturated rings. The van der Waals surface area contributed by atoms with Gasteiger partial charge < -0.3 is 18.9 Å². The molecule has 0 atom stereocenters. The van der Waals surface area contributed by atoms with Crippen LogP contribution in [0.3, 0.4) is 0 Å². The smallest absolute Gasteiger partial charge is 0.135 e. The molecule has 0 bridgehead atoms. The van der Waals surface area contributed by atoms with Crippen LogP contribution in [0.25, 0.3) is 12.2 Å². The Morgan fingerprint density at radius 1 is 0.730 bits per heavy atom. The van der Waals surface area contributed by atoms with Crippen molar-refractivity contribution < 1.29 is 18.9 Å². The number of rotatable bonds is 11. The minimum absolute atomic E-state index is 0.102. The number of hydrogen-bond donors (Lipinski definition) is 0. The average Bonchev–Trinajstić information content (AvgIpc) is 2.84. The summed E-state index contributed by atoms with van der Waals surface area (Å²) in [6.45, 7) is 18.7. The molecule has 0 heterocycles. The molecule has 0 unspecified atom stereocenters. The van der Waals surface area contributed by atoms with E-state index in [2.05, 4.69) is 76.0 Å². The second-order valence-corrected chi connectivity index (χ2v) is 11.1. The highest BCUT2D eigenvalue weighted by molar-refractivity contribution is 14.1. The van der Waals surface area contributed by atoms with Gasteiger partial charge in [0.05, 0.1) is 36.6 Å². The molecule has 0 saturated carbocycles. The predicted molar refractivity (Wildman–Crippen MR) is 164 cm³/mol. The fraction of sp³-hybridized carbons (Fsp3) is 0.500. The molecule has 0 amide bonds. The van der Waals surface area contributed by atoms with Crippen LogP contribution in [-0.4, -0.2) is 27.4 Å². The SMILES string of the molecule is CCOc1cc(/C=C/c2cc(OC)c(I)cc2OCC)c(OC)cc1C#CC(C(C)C)(C(C)C)C(C)C. The van der Waals surface area contributed by atoms with Gasteiger partial charge >= 0.3 is 0 Å². The fourth-order valence-corrected chi connectivity index (χ4v) is 5.82. The average molecular weight is 619 g/mol. The first-order valence-corrected chi connectivity index (χ1v) is 14.2. The lowest BCUT2D eigenvalue weighted by molar-refractivity contribution is 0.123. The van der Waals surface area contributed by atoms with E-state index in [1.807, 2.05) is 50.3 Å². The van der Waals surface area contributed by atoms with Gasteiger partial charge in [-0.1, -0.05) is 65.5 Å². The highest BCUT2D eigenvalue weighted by atomic mass is 127. The van der Waals surface area contributed by atoms with Gasteiger partial charge in [0, 0.05) is 22.6 Å². The number of hydrogen-bond acceptors (Lipinski definition) is 4. The van der Waals surface area contributed by atoms with E-state index in [4.69, 9.17) is 18.9 Å². The van der Waals surface area contributed by atoms with E-state index in [-0.39, 0.29) is 5.41 Å². The van der Waals surface area contributed by atoms with E-state index in [9.17, 15) is 0 Å². The van der Waals surface area contributed by atoms with Crippen LogP contribution in [0, 0.1) is 38.6 Å². The van der Waals surface area contributed by atoms with Gasteiger partial charge in [-0.2, -0.15) is 0 Å². The molecule has 4 nitrogen and oxygen atoms in total. The molecule has 202 valence electrons. The summed E-state index contributed by atoms with van der Waals surface area (Å²) in [5, 5.41) is 0. The largest absolute Gasteiger partial charge is 0.496 e. The summed E-state index contributed by atoms with van der Waals surface area (Å²) in [6, 6.07) is 7.98. The zero-order chi connectivity index (χ0) is 27.8. The Hall–Kier alpha value is -2.33. The molecule has 2 aromatic carbocycles. The Balaban J connectivity index is 2.64. The summed E-state index contributed by atoms with van der Waals surface area (Å²) in [6.07, 6.45) is 4.03. The monoisotopic (exact) mass is 618 g/mol. The van der Waals surface area contributed by atoms with E-state index < -0.39 is 0 Å². The van der Waals surface area contributed by atoms with E-state index >= 15 is 0 Å². The van der Waals surface area contributed by atoms with Crippen molar-refractivity contribution in [3.8, 4) is 34.8 Å². The van der Waals surface area contributed by atoms with Crippen LogP contribution in [-0.2, 0) is 0 Å². The standard InChI is InChI=1S/C32H43IO4/c1-11-36-29-18-24(13-14-25-19-31(35-10)27(33)20-30(25)37-12-2)28(34-9)17-26(29)15-16-32(21(3)4,22(5)6)23(7)8/h13-14,17-23H,11-12H2,1-10H3/b14-13+. The van der Waals surface area contributed by atoms with Crippen molar-refractivity contribution in [3.63, 3.8) is 0 Å². The first kappa shape index (κ1) is 30.9. The van der Waals surface area contributed by atoms with E-state index in [0.717, 1.165) is 43.3 Å². The van der Waals surface area contributed by atoms with Crippen molar-refractivity contribution in [3.05, 3.63) is 44.5 Å². The van der Waals surface area contributed by atoms with Gasteiger partial charge in [-0.3, -0.25) is 0 Å². The highest BCUT2D eigenvalue weighted by Gasteiger charge is 2.38. The van der Waals surface area contributed by atoms with Crippen LogP contribution < -0.4 is 18.9 Å². The Morgan fingerprint density at radius 2 is 1.22 bits per heavy atom. The van der Waals surface area contributed by atoms with Crippen LogP contribution in [0.4, 0.5) is 0 Å². The summed E-state index contributed by atoms with van der Waals surface area (Å²) >= 11 is 2.26. The van der Waals surface area contributed by atoms with Crippen LogP contribution in [0.2, 0.25) is 0 Å². The van der Waals surface area contributed by atoms with Crippen molar-refractivity contribution in [2.24, 2.45) is 23.2 Å². The van der Waals surface area contributed by atoms with Crippen LogP contribution in [0.1, 0.15) is 72.1 Å². The van der Waals surface area contributed by atoms with Crippen molar-refractivity contribution in [1.82, 2.24) is 0 Å². The molecule has 5 heteroatoms. The van der Waals surface area contributed by atoms with Crippen LogP contribution in [0.5, 0.6) is 23.0 Å². The second-order valence-electron chi connectivity index (χ2n) is 9.96. The van der Waals surface area contributed by atoms with Crippen molar-refractivity contribution in [2.75, 3.05) is 27.4 Å². The normalized spacial score (nSPS) is 11.7. The van der Waals surface area contributed by atoms with Crippen molar-refractivity contribution in [1.29, 1.82) is 0 Å². The van der Waals surface area contributed by atoms with Crippen molar-refractivity contribution >= 4 is 34.7 Å². The summed E-state index contributed by atoms with van der Waals surface area (Å²) in [5.41, 5.74) is 2.57. The zero-order valence-corrected chi connectivity index (χ0v) is 26.3. The van der Waals surface area contributed by atoms with Gasteiger partial charge in [-0.25, -0.2) is 0 Å². The quantitative estimate of drug-likeness (QED) is 0.144. The molecule has 2 aromatic rings. The van der Waals surface area contributed by atoms with Crippen LogP contribution in [0.15, 0.2) is 24.3 Å². The first-order chi connectivity index (χ1) is 17.5. The topological polar surface area (TPSA) is 36.9 Å². The summed E-state index contributed by atoms with van der Waals surface area (Å²) in [4.78, 5) is 0. The van der Waals surface area contributed by atoms with Gasteiger partial charge in [0.1, 0.15) is 23.0 Å². The van der Waals surface area contributed by atoms with Gasteiger partial charge in [0.15, 0.2) is 0 Å². The summed E-state index contributed by atoms with van der Waals surface area (Å²) in [5.74, 6) is 11.5. The second kappa shape index (κ2) is 14.0. The maximum Gasteiger partial charge on any atom is 0.135 e. The summed E-state index contributed by atoms with van der Waals surface area (Å²) < 4.78 is 24.3. The lowest BCUT2D eigenvalue weighted by Gasteiger charge is -2.40. The Kier molecular flexibility index (Phi) is 11.7. The molecule has 0 aliphatic rings. The van der Waals surface area contributed by atoms with Gasteiger partial charge in [-0.15, -0.1) is 0 Å². The number of halogens is 1. The Morgan fingerprint density at radius 3 is 1.70 bits per heavy atom. The minimum Gasteiger partial charge on any atom is -0.496 e. The third-order valence-corrected chi connectivity index (χ3v) is 7.78. The van der Waals surface area contributed by atoms with E-state index in [1.165, 1.54) is 0 Å². The molecule has 0 aliphatic carbocycles.